The van der Waals surface area contributed by atoms with Gasteiger partial charge in [0.2, 0.25) is 11.8 Å². The molecular formula is C14H20N4O3S. The van der Waals surface area contributed by atoms with E-state index in [0.717, 1.165) is 38.5 Å². The summed E-state index contributed by atoms with van der Waals surface area (Å²) >= 11 is 1.17. The van der Waals surface area contributed by atoms with Crippen LogP contribution in [-0.4, -0.2) is 33.4 Å². The van der Waals surface area contributed by atoms with E-state index in [1.54, 1.807) is 6.92 Å². The molecule has 1 atom stereocenters. The van der Waals surface area contributed by atoms with Crippen LogP contribution >= 0.6 is 11.8 Å². The van der Waals surface area contributed by atoms with E-state index in [1.807, 2.05) is 0 Å². The summed E-state index contributed by atoms with van der Waals surface area (Å²) in [7, 11) is 0. The summed E-state index contributed by atoms with van der Waals surface area (Å²) in [4.78, 5) is 23.8. The monoisotopic (exact) mass is 324 g/mol. The molecule has 0 bridgehead atoms. The molecule has 1 aromatic heterocycles. The molecule has 2 saturated carbocycles. The van der Waals surface area contributed by atoms with Crippen molar-refractivity contribution < 1.29 is 14.0 Å². The Morgan fingerprint density at radius 3 is 2.64 bits per heavy atom. The summed E-state index contributed by atoms with van der Waals surface area (Å²) in [6, 6.07) is -0.235. The summed E-state index contributed by atoms with van der Waals surface area (Å²) in [6.45, 7) is 1.71. The van der Waals surface area contributed by atoms with Crippen molar-refractivity contribution in [3.05, 3.63) is 5.89 Å². The number of amides is 3. The van der Waals surface area contributed by atoms with Gasteiger partial charge in [0.1, 0.15) is 0 Å². The topological polar surface area (TPSA) is 97.1 Å². The molecule has 0 aliphatic heterocycles. The average molecular weight is 324 g/mol. The zero-order chi connectivity index (χ0) is 15.5. The van der Waals surface area contributed by atoms with E-state index in [2.05, 4.69) is 20.8 Å². The van der Waals surface area contributed by atoms with Gasteiger partial charge in [-0.2, -0.15) is 0 Å². The predicted molar refractivity (Wildman–Crippen MR) is 80.5 cm³/mol. The minimum atomic E-state index is -0.471. The van der Waals surface area contributed by atoms with Crippen LogP contribution in [0.2, 0.25) is 0 Å². The van der Waals surface area contributed by atoms with Crippen LogP contribution in [0.4, 0.5) is 4.79 Å². The zero-order valence-electron chi connectivity index (χ0n) is 12.5. The Labute approximate surface area is 133 Å². The van der Waals surface area contributed by atoms with Gasteiger partial charge in [-0.1, -0.05) is 24.6 Å². The standard InChI is InChI=1S/C14H20N4O3S/c1-8(22-14-18-17-12(21-14)9-6-7-9)11(19)16-13(20)15-10-4-2-3-5-10/h8-10H,2-7H2,1H3,(H2,15,16,19,20)/t8-/m0/s1. The Morgan fingerprint density at radius 1 is 1.23 bits per heavy atom. The van der Waals surface area contributed by atoms with Gasteiger partial charge < -0.3 is 9.73 Å². The van der Waals surface area contributed by atoms with Crippen LogP contribution in [0.25, 0.3) is 0 Å². The van der Waals surface area contributed by atoms with E-state index < -0.39 is 11.3 Å². The van der Waals surface area contributed by atoms with Gasteiger partial charge in [-0.25, -0.2) is 4.79 Å². The molecule has 3 rings (SSSR count). The number of carbonyl (C=O) groups excluding carboxylic acids is 2. The van der Waals surface area contributed by atoms with Crippen LogP contribution in [0.3, 0.4) is 0 Å². The summed E-state index contributed by atoms with van der Waals surface area (Å²) in [5, 5.41) is 13.0. The highest BCUT2D eigenvalue weighted by atomic mass is 32.2. The zero-order valence-corrected chi connectivity index (χ0v) is 13.3. The van der Waals surface area contributed by atoms with Crippen molar-refractivity contribution in [1.29, 1.82) is 0 Å². The lowest BCUT2D eigenvalue weighted by atomic mass is 10.2. The molecule has 2 fully saturated rings. The summed E-state index contributed by atoms with van der Waals surface area (Å²) in [5.74, 6) is 0.684. The van der Waals surface area contributed by atoms with E-state index in [4.69, 9.17) is 4.42 Å². The first kappa shape index (κ1) is 15.3. The van der Waals surface area contributed by atoms with Crippen LogP contribution in [0, 0.1) is 0 Å². The molecule has 1 heterocycles. The number of hydrogen-bond donors (Lipinski definition) is 2. The van der Waals surface area contributed by atoms with Gasteiger partial charge >= 0.3 is 6.03 Å². The van der Waals surface area contributed by atoms with E-state index in [-0.39, 0.29) is 11.9 Å². The van der Waals surface area contributed by atoms with Gasteiger partial charge in [0, 0.05) is 12.0 Å². The highest BCUT2D eigenvalue weighted by molar-refractivity contribution is 8.00. The normalized spacial score (nSPS) is 19.9. The number of nitrogens with zero attached hydrogens (tertiary/aromatic N) is 2. The number of nitrogens with one attached hydrogen (secondary N) is 2. The molecule has 0 saturated heterocycles. The second-order valence-electron chi connectivity index (χ2n) is 5.88. The molecule has 1 aromatic rings. The summed E-state index contributed by atoms with van der Waals surface area (Å²) < 4.78 is 5.50. The predicted octanol–water partition coefficient (Wildman–Crippen LogP) is 2.20. The van der Waals surface area contributed by atoms with Crippen molar-refractivity contribution in [2.45, 2.75) is 67.9 Å². The van der Waals surface area contributed by atoms with Crippen molar-refractivity contribution in [3.63, 3.8) is 0 Å². The number of hydrogen-bond acceptors (Lipinski definition) is 6. The molecule has 0 spiro atoms. The third-order valence-corrected chi connectivity index (χ3v) is 4.86. The number of carbonyl (C=O) groups is 2. The van der Waals surface area contributed by atoms with Crippen molar-refractivity contribution >= 4 is 23.7 Å². The second kappa shape index (κ2) is 6.68. The van der Waals surface area contributed by atoms with Crippen molar-refractivity contribution in [1.82, 2.24) is 20.8 Å². The van der Waals surface area contributed by atoms with Gasteiger partial charge in [-0.05, 0) is 32.6 Å². The average Bonchev–Trinajstić information content (AvgIpc) is 3.01. The summed E-state index contributed by atoms with van der Waals surface area (Å²) in [6.07, 6.45) is 6.40. The number of rotatable bonds is 5. The maximum absolute atomic E-state index is 12.0. The Kier molecular flexibility index (Phi) is 4.66. The molecule has 2 aliphatic carbocycles. The lowest BCUT2D eigenvalue weighted by Gasteiger charge is -2.13. The lowest BCUT2D eigenvalue weighted by molar-refractivity contribution is -0.119. The Balaban J connectivity index is 1.44. The van der Waals surface area contributed by atoms with Gasteiger partial charge in [0.25, 0.3) is 5.22 Å². The second-order valence-corrected chi connectivity index (χ2v) is 7.18. The molecule has 120 valence electrons. The molecular weight excluding hydrogens is 304 g/mol. The minimum absolute atomic E-state index is 0.188. The maximum atomic E-state index is 12.0. The Morgan fingerprint density at radius 2 is 1.95 bits per heavy atom. The van der Waals surface area contributed by atoms with Gasteiger partial charge in [-0.3, -0.25) is 10.1 Å². The van der Waals surface area contributed by atoms with Crippen molar-refractivity contribution in [2.75, 3.05) is 0 Å². The van der Waals surface area contributed by atoms with E-state index in [0.29, 0.717) is 17.0 Å². The molecule has 0 radical (unpaired) electrons. The van der Waals surface area contributed by atoms with Crippen molar-refractivity contribution in [2.24, 2.45) is 0 Å². The van der Waals surface area contributed by atoms with Crippen LogP contribution in [0.15, 0.2) is 9.64 Å². The van der Waals surface area contributed by atoms with Gasteiger partial charge in [0.05, 0.1) is 5.25 Å². The number of thioether (sulfide) groups is 1. The molecule has 0 unspecified atom stereocenters. The highest BCUT2D eigenvalue weighted by Gasteiger charge is 2.30. The van der Waals surface area contributed by atoms with Crippen LogP contribution < -0.4 is 10.6 Å². The first-order chi connectivity index (χ1) is 10.6. The molecule has 3 amide bonds. The molecule has 0 aromatic carbocycles. The van der Waals surface area contributed by atoms with E-state index in [9.17, 15) is 9.59 Å². The van der Waals surface area contributed by atoms with E-state index >= 15 is 0 Å². The Hall–Kier alpha value is -1.57. The third-order valence-electron chi connectivity index (χ3n) is 3.92. The van der Waals surface area contributed by atoms with Crippen LogP contribution in [0.1, 0.15) is 57.3 Å². The maximum Gasteiger partial charge on any atom is 0.321 e. The number of urea groups is 1. The molecule has 2 N–H and O–H groups in total. The minimum Gasteiger partial charge on any atom is -0.416 e. The quantitative estimate of drug-likeness (QED) is 0.806. The first-order valence-corrected chi connectivity index (χ1v) is 8.61. The van der Waals surface area contributed by atoms with Gasteiger partial charge in [0.15, 0.2) is 0 Å². The van der Waals surface area contributed by atoms with Gasteiger partial charge in [-0.15, -0.1) is 10.2 Å². The molecule has 2 aliphatic rings. The fourth-order valence-electron chi connectivity index (χ4n) is 2.47. The molecule has 8 heteroatoms. The Bertz CT molecular complexity index is 552. The number of aromatic nitrogens is 2. The molecule has 7 nitrogen and oxygen atoms in total. The highest BCUT2D eigenvalue weighted by Crippen LogP contribution is 2.40. The number of imide groups is 1. The smallest absolute Gasteiger partial charge is 0.321 e. The fourth-order valence-corrected chi connectivity index (χ4v) is 3.16. The van der Waals surface area contributed by atoms with E-state index in [1.165, 1.54) is 11.8 Å². The third kappa shape index (κ3) is 4.00. The van der Waals surface area contributed by atoms with Crippen LogP contribution in [0.5, 0.6) is 0 Å². The van der Waals surface area contributed by atoms with Crippen LogP contribution in [-0.2, 0) is 4.79 Å². The SMILES string of the molecule is C[C@H](Sc1nnc(C2CC2)o1)C(=O)NC(=O)NC1CCCC1. The first-order valence-electron chi connectivity index (χ1n) is 7.73. The largest absolute Gasteiger partial charge is 0.416 e. The fraction of sp³-hybridized carbons (Fsp3) is 0.714. The van der Waals surface area contributed by atoms with Crippen molar-refractivity contribution in [3.8, 4) is 0 Å². The summed E-state index contributed by atoms with van der Waals surface area (Å²) in [5.41, 5.74) is 0. The molecule has 22 heavy (non-hydrogen) atoms. The lowest BCUT2D eigenvalue weighted by Crippen LogP contribution is -2.45.